The van der Waals surface area contributed by atoms with Gasteiger partial charge >= 0.3 is 0 Å². The minimum atomic E-state index is -0.648. The van der Waals surface area contributed by atoms with E-state index in [1.807, 2.05) is 0 Å². The van der Waals surface area contributed by atoms with Gasteiger partial charge in [-0.2, -0.15) is 0 Å². The number of nitrogens with one attached hydrogen (secondary N) is 1. The predicted molar refractivity (Wildman–Crippen MR) is 73.3 cm³/mol. The number of amides is 1. The van der Waals surface area contributed by atoms with Crippen LogP contribution in [0.2, 0.25) is 0 Å². The first-order chi connectivity index (χ1) is 8.54. The molecule has 0 saturated carbocycles. The molecule has 0 saturated heterocycles. The Labute approximate surface area is 117 Å². The second-order valence-electron chi connectivity index (χ2n) is 3.76. The number of hydrogen-bond acceptors (Lipinski definition) is 4. The summed E-state index contributed by atoms with van der Waals surface area (Å²) in [4.78, 5) is 11.3. The molecule has 5 nitrogen and oxygen atoms in total. The van der Waals surface area contributed by atoms with Crippen molar-refractivity contribution in [2.45, 2.75) is 13.0 Å². The molecule has 1 aromatic rings. The lowest BCUT2D eigenvalue weighted by Gasteiger charge is -2.10. The van der Waals surface area contributed by atoms with E-state index in [1.54, 1.807) is 13.0 Å². The van der Waals surface area contributed by atoms with Gasteiger partial charge in [0.25, 0.3) is 0 Å². The molecule has 0 fully saturated rings. The van der Waals surface area contributed by atoms with Crippen LogP contribution in [-0.4, -0.2) is 32.3 Å². The van der Waals surface area contributed by atoms with E-state index in [4.69, 9.17) is 15.2 Å². The number of carbonyl (C=O) groups is 1. The van der Waals surface area contributed by atoms with Crippen LogP contribution in [0.3, 0.4) is 0 Å². The molecule has 0 heterocycles. The molecule has 19 heavy (non-hydrogen) atoms. The van der Waals surface area contributed by atoms with E-state index in [-0.39, 0.29) is 30.7 Å². The van der Waals surface area contributed by atoms with Gasteiger partial charge in [-0.15, -0.1) is 12.4 Å². The molecule has 1 rings (SSSR count). The van der Waals surface area contributed by atoms with Crippen molar-refractivity contribution >= 4 is 24.0 Å². The Bertz CT molecular complexity index is 416. The quantitative estimate of drug-likeness (QED) is 0.780. The topological polar surface area (TPSA) is 73.6 Å². The van der Waals surface area contributed by atoms with Crippen LogP contribution in [0.1, 0.15) is 6.92 Å². The molecule has 1 amide bonds. The second-order valence-corrected chi connectivity index (χ2v) is 3.76. The number of benzene rings is 1. The average molecular weight is 293 g/mol. The van der Waals surface area contributed by atoms with E-state index >= 15 is 0 Å². The molecule has 0 aliphatic rings. The van der Waals surface area contributed by atoms with Gasteiger partial charge in [0.15, 0.2) is 11.6 Å². The zero-order valence-corrected chi connectivity index (χ0v) is 11.6. The van der Waals surface area contributed by atoms with E-state index in [9.17, 15) is 9.18 Å². The summed E-state index contributed by atoms with van der Waals surface area (Å²) >= 11 is 0. The largest absolute Gasteiger partial charge is 0.488 e. The number of anilines is 1. The number of carbonyl (C=O) groups excluding carboxylic acids is 1. The maximum atomic E-state index is 13.6. The van der Waals surface area contributed by atoms with Crippen molar-refractivity contribution in [2.75, 3.05) is 25.6 Å². The highest BCUT2D eigenvalue weighted by molar-refractivity contribution is 5.94. The Balaban J connectivity index is 0.00000324. The van der Waals surface area contributed by atoms with Crippen molar-refractivity contribution in [2.24, 2.45) is 5.73 Å². The molecule has 1 aromatic carbocycles. The van der Waals surface area contributed by atoms with Gasteiger partial charge in [-0.3, -0.25) is 4.79 Å². The van der Waals surface area contributed by atoms with E-state index < -0.39 is 11.9 Å². The fourth-order valence-electron chi connectivity index (χ4n) is 1.19. The van der Waals surface area contributed by atoms with Gasteiger partial charge < -0.3 is 20.5 Å². The molecule has 3 N–H and O–H groups in total. The minimum absolute atomic E-state index is 0. The third-order valence-corrected chi connectivity index (χ3v) is 2.16. The maximum absolute atomic E-state index is 13.6. The van der Waals surface area contributed by atoms with Crippen molar-refractivity contribution in [3.8, 4) is 5.75 Å². The smallest absolute Gasteiger partial charge is 0.241 e. The van der Waals surface area contributed by atoms with Crippen LogP contribution in [0, 0.1) is 5.82 Å². The first-order valence-corrected chi connectivity index (χ1v) is 5.52. The highest BCUT2D eigenvalue weighted by Crippen LogP contribution is 2.21. The molecule has 0 aromatic heterocycles. The lowest BCUT2D eigenvalue weighted by molar-refractivity contribution is -0.117. The Kier molecular flexibility index (Phi) is 8.06. The Morgan fingerprint density at radius 1 is 1.47 bits per heavy atom. The lowest BCUT2D eigenvalue weighted by atomic mass is 10.2. The van der Waals surface area contributed by atoms with E-state index in [2.05, 4.69) is 5.32 Å². The van der Waals surface area contributed by atoms with Crippen LogP contribution < -0.4 is 15.8 Å². The Hall–Kier alpha value is -1.37. The highest BCUT2D eigenvalue weighted by Gasteiger charge is 2.10. The fraction of sp³-hybridized carbons (Fsp3) is 0.417. The summed E-state index contributed by atoms with van der Waals surface area (Å²) in [5, 5.41) is 2.49. The van der Waals surface area contributed by atoms with Crippen LogP contribution in [0.25, 0.3) is 0 Å². The number of rotatable bonds is 6. The molecule has 108 valence electrons. The third kappa shape index (κ3) is 5.87. The molecule has 0 aliphatic carbocycles. The zero-order chi connectivity index (χ0) is 13.5. The molecular formula is C12H18ClFN2O3. The monoisotopic (exact) mass is 292 g/mol. The van der Waals surface area contributed by atoms with Crippen molar-refractivity contribution in [1.29, 1.82) is 0 Å². The van der Waals surface area contributed by atoms with Gasteiger partial charge in [0, 0.05) is 18.9 Å². The first-order valence-electron chi connectivity index (χ1n) is 5.52. The summed E-state index contributed by atoms with van der Waals surface area (Å²) < 4.78 is 23.5. The standard InChI is InChI=1S/C12H17FN2O3.ClH/c1-8(14)12(16)15-9-3-4-11(10(13)7-9)18-6-5-17-2;/h3-4,7-8H,5-6,14H2,1-2H3,(H,15,16);1H/t8-;/m0./s1. The zero-order valence-electron chi connectivity index (χ0n) is 10.8. The van der Waals surface area contributed by atoms with Crippen molar-refractivity contribution < 1.29 is 18.7 Å². The molecule has 0 spiro atoms. The summed E-state index contributed by atoms with van der Waals surface area (Å²) in [6.45, 7) is 2.19. The highest BCUT2D eigenvalue weighted by atomic mass is 35.5. The molecule has 1 atom stereocenters. The van der Waals surface area contributed by atoms with Crippen molar-refractivity contribution in [3.63, 3.8) is 0 Å². The summed E-state index contributed by atoms with van der Waals surface area (Å²) in [5.74, 6) is -0.804. The maximum Gasteiger partial charge on any atom is 0.241 e. The van der Waals surface area contributed by atoms with Crippen LogP contribution in [-0.2, 0) is 9.53 Å². The number of hydrogen-bond donors (Lipinski definition) is 2. The van der Waals surface area contributed by atoms with Crippen molar-refractivity contribution in [1.82, 2.24) is 0 Å². The number of methoxy groups -OCH3 is 1. The van der Waals surface area contributed by atoms with Gasteiger partial charge in [0.1, 0.15) is 6.61 Å². The summed E-state index contributed by atoms with van der Waals surface area (Å²) in [6, 6.07) is 3.53. The average Bonchev–Trinajstić information content (AvgIpc) is 2.32. The van der Waals surface area contributed by atoms with E-state index in [0.717, 1.165) is 0 Å². The Morgan fingerprint density at radius 2 is 2.16 bits per heavy atom. The normalized spacial score (nSPS) is 11.4. The molecule has 0 aliphatic heterocycles. The molecule has 0 radical (unpaired) electrons. The number of nitrogens with two attached hydrogens (primary N) is 1. The van der Waals surface area contributed by atoms with Gasteiger partial charge in [-0.05, 0) is 19.1 Å². The van der Waals surface area contributed by atoms with Crippen LogP contribution in [0.15, 0.2) is 18.2 Å². The van der Waals surface area contributed by atoms with Gasteiger partial charge in [-0.25, -0.2) is 4.39 Å². The fourth-order valence-corrected chi connectivity index (χ4v) is 1.19. The molecule has 0 bridgehead atoms. The van der Waals surface area contributed by atoms with E-state index in [1.165, 1.54) is 19.2 Å². The Morgan fingerprint density at radius 3 is 2.68 bits per heavy atom. The second kappa shape index (κ2) is 8.68. The van der Waals surface area contributed by atoms with Crippen LogP contribution in [0.5, 0.6) is 5.75 Å². The van der Waals surface area contributed by atoms with Gasteiger partial charge in [0.05, 0.1) is 12.6 Å². The summed E-state index contributed by atoms with van der Waals surface area (Å²) in [6.07, 6.45) is 0. The SMILES string of the molecule is COCCOc1ccc(NC(=O)[C@H](C)N)cc1F.Cl. The minimum Gasteiger partial charge on any atom is -0.488 e. The van der Waals surface area contributed by atoms with E-state index in [0.29, 0.717) is 12.3 Å². The molecular weight excluding hydrogens is 275 g/mol. The predicted octanol–water partition coefficient (Wildman–Crippen LogP) is 1.56. The number of halogens is 2. The summed E-state index contributed by atoms with van der Waals surface area (Å²) in [7, 11) is 1.53. The summed E-state index contributed by atoms with van der Waals surface area (Å²) in [5.41, 5.74) is 5.73. The first kappa shape index (κ1) is 17.6. The van der Waals surface area contributed by atoms with Gasteiger partial charge in [-0.1, -0.05) is 0 Å². The number of ether oxygens (including phenoxy) is 2. The van der Waals surface area contributed by atoms with Gasteiger partial charge in [0.2, 0.25) is 5.91 Å². The molecule has 7 heteroatoms. The third-order valence-electron chi connectivity index (χ3n) is 2.16. The van der Waals surface area contributed by atoms with Crippen molar-refractivity contribution in [3.05, 3.63) is 24.0 Å². The van der Waals surface area contributed by atoms with Crippen LogP contribution in [0.4, 0.5) is 10.1 Å². The van der Waals surface area contributed by atoms with Crippen LogP contribution >= 0.6 is 12.4 Å². The lowest BCUT2D eigenvalue weighted by Crippen LogP contribution is -2.32. The molecule has 0 unspecified atom stereocenters.